The van der Waals surface area contributed by atoms with Gasteiger partial charge in [-0.15, -0.1) is 11.3 Å². The summed E-state index contributed by atoms with van der Waals surface area (Å²) in [5.41, 5.74) is 1.90. The minimum Gasteiger partial charge on any atom is -0.497 e. The van der Waals surface area contributed by atoms with E-state index in [2.05, 4.69) is 15.3 Å². The van der Waals surface area contributed by atoms with Gasteiger partial charge in [0, 0.05) is 24.0 Å². The minimum absolute atomic E-state index is 0.0829. The van der Waals surface area contributed by atoms with E-state index >= 15 is 0 Å². The second-order valence-electron chi connectivity index (χ2n) is 6.88. The molecule has 3 heterocycles. The van der Waals surface area contributed by atoms with E-state index in [4.69, 9.17) is 14.2 Å². The Balaban J connectivity index is 1.31. The topological polar surface area (TPSA) is 103 Å². The monoisotopic (exact) mass is 454 g/mol. The molecule has 1 aromatic carbocycles. The fraction of sp³-hybridized carbons (Fsp3) is 0.273. The zero-order valence-electron chi connectivity index (χ0n) is 17.4. The Labute approximate surface area is 189 Å². The lowest BCUT2D eigenvalue weighted by atomic mass is 10.2. The van der Waals surface area contributed by atoms with E-state index < -0.39 is 0 Å². The summed E-state index contributed by atoms with van der Waals surface area (Å²) in [5.74, 6) is 0.698. The van der Waals surface area contributed by atoms with Crippen molar-refractivity contribution in [1.82, 2.24) is 14.9 Å². The number of pyridine rings is 1. The van der Waals surface area contributed by atoms with Crippen molar-refractivity contribution in [3.8, 4) is 22.8 Å². The number of thiazole rings is 1. The Kier molecular flexibility index (Phi) is 6.93. The molecule has 166 valence electrons. The fourth-order valence-electron chi connectivity index (χ4n) is 3.04. The standard InChI is InChI=1S/C22H22N4O5S/c1-29-16-4-2-15(3-5-16)19-14-32-22(24-19)25-21(28)18-7-6-17(12-23-18)31-13-20(27)26-8-10-30-11-9-26/h2-7,12,14H,8-11,13H2,1H3,(H,24,25,28). The smallest absolute Gasteiger partial charge is 0.276 e. The van der Waals surface area contributed by atoms with Crippen LogP contribution < -0.4 is 14.8 Å². The van der Waals surface area contributed by atoms with Crippen LogP contribution in [0.5, 0.6) is 11.5 Å². The molecule has 1 saturated heterocycles. The van der Waals surface area contributed by atoms with Gasteiger partial charge >= 0.3 is 0 Å². The van der Waals surface area contributed by atoms with Crippen LogP contribution in [-0.4, -0.2) is 66.7 Å². The number of morpholine rings is 1. The number of benzene rings is 1. The SMILES string of the molecule is COc1ccc(-c2csc(NC(=O)c3ccc(OCC(=O)N4CCOCC4)cn3)n2)cc1. The van der Waals surface area contributed by atoms with Crippen molar-refractivity contribution in [3.05, 3.63) is 53.7 Å². The van der Waals surface area contributed by atoms with E-state index in [9.17, 15) is 9.59 Å². The van der Waals surface area contributed by atoms with Crippen LogP contribution in [0.25, 0.3) is 11.3 Å². The molecule has 4 rings (SSSR count). The van der Waals surface area contributed by atoms with E-state index in [-0.39, 0.29) is 24.1 Å². The third-order valence-corrected chi connectivity index (χ3v) is 5.56. The molecule has 2 amide bonds. The first-order valence-corrected chi connectivity index (χ1v) is 10.9. The lowest BCUT2D eigenvalue weighted by Crippen LogP contribution is -2.42. The van der Waals surface area contributed by atoms with Crippen LogP contribution in [0.4, 0.5) is 5.13 Å². The lowest BCUT2D eigenvalue weighted by Gasteiger charge is -2.26. The van der Waals surface area contributed by atoms with Gasteiger partial charge in [-0.2, -0.15) is 0 Å². The number of hydrogen-bond donors (Lipinski definition) is 1. The highest BCUT2D eigenvalue weighted by molar-refractivity contribution is 7.14. The number of hydrogen-bond acceptors (Lipinski definition) is 8. The summed E-state index contributed by atoms with van der Waals surface area (Å²) in [6.45, 7) is 2.13. The molecule has 2 aromatic heterocycles. The highest BCUT2D eigenvalue weighted by atomic mass is 32.1. The molecular weight excluding hydrogens is 432 g/mol. The summed E-state index contributed by atoms with van der Waals surface area (Å²) >= 11 is 1.33. The number of nitrogens with one attached hydrogen (secondary N) is 1. The Morgan fingerprint density at radius 1 is 1.12 bits per heavy atom. The Hall–Kier alpha value is -3.50. The molecule has 0 spiro atoms. The van der Waals surface area contributed by atoms with Crippen molar-refractivity contribution in [2.24, 2.45) is 0 Å². The molecule has 9 nitrogen and oxygen atoms in total. The van der Waals surface area contributed by atoms with Gasteiger partial charge in [-0.25, -0.2) is 9.97 Å². The van der Waals surface area contributed by atoms with E-state index in [0.717, 1.165) is 17.0 Å². The third kappa shape index (κ3) is 5.40. The Bertz CT molecular complexity index is 1060. The Morgan fingerprint density at radius 3 is 2.56 bits per heavy atom. The summed E-state index contributed by atoms with van der Waals surface area (Å²) in [5, 5.41) is 5.09. The summed E-state index contributed by atoms with van der Waals surface area (Å²) in [6.07, 6.45) is 1.42. The quantitative estimate of drug-likeness (QED) is 0.585. The van der Waals surface area contributed by atoms with Crippen molar-refractivity contribution in [3.63, 3.8) is 0 Å². The molecule has 32 heavy (non-hydrogen) atoms. The van der Waals surface area contributed by atoms with Crippen molar-refractivity contribution in [1.29, 1.82) is 0 Å². The van der Waals surface area contributed by atoms with Crippen LogP contribution in [0.2, 0.25) is 0 Å². The molecule has 10 heteroatoms. The largest absolute Gasteiger partial charge is 0.497 e. The first-order chi connectivity index (χ1) is 15.6. The summed E-state index contributed by atoms with van der Waals surface area (Å²) in [7, 11) is 1.61. The van der Waals surface area contributed by atoms with Crippen LogP contribution in [-0.2, 0) is 9.53 Å². The minimum atomic E-state index is -0.378. The fourth-order valence-corrected chi connectivity index (χ4v) is 3.75. The molecule has 0 saturated carbocycles. The van der Waals surface area contributed by atoms with Gasteiger partial charge < -0.3 is 19.1 Å². The van der Waals surface area contributed by atoms with Crippen molar-refractivity contribution in [2.75, 3.05) is 45.3 Å². The lowest BCUT2D eigenvalue weighted by molar-refractivity contribution is -0.137. The zero-order chi connectivity index (χ0) is 22.3. The van der Waals surface area contributed by atoms with E-state index in [1.165, 1.54) is 17.5 Å². The van der Waals surface area contributed by atoms with Gasteiger partial charge in [0.2, 0.25) is 0 Å². The van der Waals surface area contributed by atoms with Gasteiger partial charge in [-0.05, 0) is 36.4 Å². The van der Waals surface area contributed by atoms with Gasteiger partial charge in [0.05, 0.1) is 32.2 Å². The highest BCUT2D eigenvalue weighted by Gasteiger charge is 2.17. The second kappa shape index (κ2) is 10.2. The zero-order valence-corrected chi connectivity index (χ0v) is 18.3. The third-order valence-electron chi connectivity index (χ3n) is 4.81. The second-order valence-corrected chi connectivity index (χ2v) is 7.74. The van der Waals surface area contributed by atoms with Gasteiger partial charge in [0.15, 0.2) is 11.7 Å². The molecule has 0 radical (unpaired) electrons. The molecule has 0 atom stereocenters. The van der Waals surface area contributed by atoms with E-state index in [1.54, 1.807) is 24.1 Å². The predicted octanol–water partition coefficient (Wildman–Crippen LogP) is 2.70. The molecular formula is C22H22N4O5S. The molecule has 1 aliphatic heterocycles. The van der Waals surface area contributed by atoms with Crippen molar-refractivity contribution < 1.29 is 23.8 Å². The molecule has 0 bridgehead atoms. The first kappa shape index (κ1) is 21.7. The van der Waals surface area contributed by atoms with Gasteiger partial charge in [0.25, 0.3) is 11.8 Å². The summed E-state index contributed by atoms with van der Waals surface area (Å²) < 4.78 is 15.9. The predicted molar refractivity (Wildman–Crippen MR) is 119 cm³/mol. The number of carbonyl (C=O) groups excluding carboxylic acids is 2. The van der Waals surface area contributed by atoms with Gasteiger partial charge in [-0.1, -0.05) is 0 Å². The summed E-state index contributed by atoms with van der Waals surface area (Å²) in [6, 6.07) is 10.7. The first-order valence-electron chi connectivity index (χ1n) is 9.98. The van der Waals surface area contributed by atoms with Crippen LogP contribution in [0, 0.1) is 0 Å². The molecule has 1 aliphatic rings. The number of methoxy groups -OCH3 is 1. The van der Waals surface area contributed by atoms with Gasteiger partial charge in [0.1, 0.15) is 17.2 Å². The number of amides is 2. The van der Waals surface area contributed by atoms with Crippen molar-refractivity contribution >= 4 is 28.3 Å². The normalized spacial score (nSPS) is 13.5. The maximum absolute atomic E-state index is 12.5. The maximum Gasteiger partial charge on any atom is 0.276 e. The molecule has 1 fully saturated rings. The molecule has 1 N–H and O–H groups in total. The molecule has 3 aromatic rings. The number of ether oxygens (including phenoxy) is 3. The Morgan fingerprint density at radius 2 is 1.88 bits per heavy atom. The number of carbonyl (C=O) groups is 2. The number of aromatic nitrogens is 2. The van der Waals surface area contributed by atoms with E-state index in [0.29, 0.717) is 37.2 Å². The number of rotatable bonds is 7. The van der Waals surface area contributed by atoms with Crippen LogP contribution in [0.15, 0.2) is 48.0 Å². The van der Waals surface area contributed by atoms with Crippen molar-refractivity contribution in [2.45, 2.75) is 0 Å². The maximum atomic E-state index is 12.5. The number of nitrogens with zero attached hydrogens (tertiary/aromatic N) is 3. The molecule has 0 aliphatic carbocycles. The van der Waals surface area contributed by atoms with Crippen LogP contribution in [0.3, 0.4) is 0 Å². The van der Waals surface area contributed by atoms with Crippen LogP contribution in [0.1, 0.15) is 10.5 Å². The highest BCUT2D eigenvalue weighted by Crippen LogP contribution is 2.26. The average Bonchev–Trinajstić information content (AvgIpc) is 3.32. The average molecular weight is 455 g/mol. The number of anilines is 1. The van der Waals surface area contributed by atoms with Gasteiger partial charge in [-0.3, -0.25) is 14.9 Å². The van der Waals surface area contributed by atoms with Crippen LogP contribution >= 0.6 is 11.3 Å². The van der Waals surface area contributed by atoms with E-state index in [1.807, 2.05) is 29.6 Å². The summed E-state index contributed by atoms with van der Waals surface area (Å²) in [4.78, 5) is 34.9. The molecule has 0 unspecified atom stereocenters.